The molecule has 0 aliphatic rings. The molecule has 14 heteroatoms. The fourth-order valence-corrected chi connectivity index (χ4v) is 4.35. The zero-order valence-corrected chi connectivity index (χ0v) is 21.3. The summed E-state index contributed by atoms with van der Waals surface area (Å²) in [5, 5.41) is 3.71. The van der Waals surface area contributed by atoms with Gasteiger partial charge in [0, 0.05) is 23.0 Å². The summed E-state index contributed by atoms with van der Waals surface area (Å²) in [5.74, 6) is -2.64. The van der Waals surface area contributed by atoms with Crippen LogP contribution in [0.1, 0.15) is 28.8 Å². The molecule has 10 nitrogen and oxygen atoms in total. The molecule has 0 aliphatic carbocycles. The fraction of sp³-hybridized carbons (Fsp3) is 0.250. The molecule has 3 aromatic rings. The number of hydrogen-bond acceptors (Lipinski definition) is 8. The Morgan fingerprint density at radius 3 is 2.16 bits per heavy atom. The molecule has 0 fully saturated rings. The number of hydrogen-bond donors (Lipinski definition) is 3. The Morgan fingerprint density at radius 2 is 1.61 bits per heavy atom. The monoisotopic (exact) mass is 551 g/mol. The summed E-state index contributed by atoms with van der Waals surface area (Å²) >= 11 is 0. The lowest BCUT2D eigenvalue weighted by Gasteiger charge is -2.35. The highest BCUT2D eigenvalue weighted by Crippen LogP contribution is 2.34. The van der Waals surface area contributed by atoms with Gasteiger partial charge >= 0.3 is 17.8 Å². The maximum Gasteiger partial charge on any atom is 0.441 e. The molecule has 202 valence electrons. The number of carbonyl (C=O) groups is 2. The summed E-state index contributed by atoms with van der Waals surface area (Å²) in [4.78, 5) is 33.0. The van der Waals surface area contributed by atoms with E-state index in [0.717, 1.165) is 24.3 Å². The molecule has 1 amide bonds. The zero-order chi connectivity index (χ0) is 28.1. The first-order chi connectivity index (χ1) is 17.8. The summed E-state index contributed by atoms with van der Waals surface area (Å²) in [6.07, 6.45) is -5.36. The number of ether oxygens (including phenoxy) is 1. The maximum atomic E-state index is 14.4. The molecule has 3 rings (SSSR count). The Bertz CT molecular complexity index is 1400. The van der Waals surface area contributed by atoms with Crippen LogP contribution in [0.4, 0.5) is 24.7 Å². The molecule has 0 bridgehead atoms. The van der Waals surface area contributed by atoms with Crippen LogP contribution in [0.3, 0.4) is 0 Å². The number of halogens is 3. The highest BCUT2D eigenvalue weighted by atomic mass is 32.2. The lowest BCUT2D eigenvalue weighted by Crippen LogP contribution is -2.69. The van der Waals surface area contributed by atoms with Crippen LogP contribution in [0.15, 0.2) is 65.6 Å². The smallest absolute Gasteiger partial charge is 0.441 e. The van der Waals surface area contributed by atoms with Crippen molar-refractivity contribution >= 4 is 33.4 Å². The minimum atomic E-state index is -5.36. The molecule has 0 saturated carbocycles. The fourth-order valence-electron chi connectivity index (χ4n) is 3.36. The first-order valence-corrected chi connectivity index (χ1v) is 12.6. The lowest BCUT2D eigenvalue weighted by molar-refractivity contribution is -0.204. The number of aryl methyl sites for hydroxylation is 2. The summed E-state index contributed by atoms with van der Waals surface area (Å²) in [7, 11) is -4.17. The van der Waals surface area contributed by atoms with Gasteiger partial charge in [-0.05, 0) is 57.2 Å². The van der Waals surface area contributed by atoms with Crippen molar-refractivity contribution < 1.29 is 35.9 Å². The number of anilines is 2. The number of rotatable bonds is 9. The van der Waals surface area contributed by atoms with Crippen molar-refractivity contribution in [3.63, 3.8) is 0 Å². The lowest BCUT2D eigenvalue weighted by atomic mass is 10.1. The van der Waals surface area contributed by atoms with Crippen LogP contribution >= 0.6 is 0 Å². The van der Waals surface area contributed by atoms with E-state index in [9.17, 15) is 31.2 Å². The molecule has 0 spiro atoms. The van der Waals surface area contributed by atoms with Crippen LogP contribution in [0, 0.1) is 13.8 Å². The van der Waals surface area contributed by atoms with Crippen molar-refractivity contribution in [1.29, 1.82) is 0 Å². The van der Waals surface area contributed by atoms with Gasteiger partial charge in [-0.2, -0.15) is 13.2 Å². The number of carbonyl (C=O) groups excluding carboxylic acids is 2. The van der Waals surface area contributed by atoms with Crippen molar-refractivity contribution in [1.82, 2.24) is 15.3 Å². The predicted octanol–water partition coefficient (Wildman–Crippen LogP) is 3.56. The van der Waals surface area contributed by atoms with Gasteiger partial charge in [0.15, 0.2) is 0 Å². The first-order valence-electron chi connectivity index (χ1n) is 11.1. The number of nitrogens with one attached hydrogen (secondary N) is 3. The quantitative estimate of drug-likeness (QED) is 0.271. The Labute approximate surface area is 216 Å². The van der Waals surface area contributed by atoms with Crippen LogP contribution in [0.5, 0.6) is 0 Å². The van der Waals surface area contributed by atoms with E-state index in [1.54, 1.807) is 25.2 Å². The number of amides is 1. The second-order valence-corrected chi connectivity index (χ2v) is 9.67. The van der Waals surface area contributed by atoms with Gasteiger partial charge in [0.25, 0.3) is 15.9 Å². The van der Waals surface area contributed by atoms with E-state index in [2.05, 4.69) is 19.4 Å². The number of sulfonamides is 1. The Hall–Kier alpha value is -4.20. The first kappa shape index (κ1) is 28.4. The SMILES string of the molecule is CCOC(=O)C(NC(=O)c1ccccc1)(Nc1ccc(S(=O)(=O)Nc2cc(C)nc(C)n2)cc1)C(F)(F)F. The van der Waals surface area contributed by atoms with Crippen LogP contribution in [-0.4, -0.2) is 48.7 Å². The molecule has 1 aromatic heterocycles. The molecular weight excluding hydrogens is 527 g/mol. The van der Waals surface area contributed by atoms with E-state index in [1.165, 1.54) is 37.3 Å². The predicted molar refractivity (Wildman–Crippen MR) is 132 cm³/mol. The molecule has 1 atom stereocenters. The number of esters is 1. The Balaban J connectivity index is 1.94. The minimum absolute atomic E-state index is 0.0132. The van der Waals surface area contributed by atoms with Gasteiger partial charge < -0.3 is 15.4 Å². The second kappa shape index (κ2) is 11.0. The van der Waals surface area contributed by atoms with Crippen LogP contribution in [0.25, 0.3) is 0 Å². The second-order valence-electron chi connectivity index (χ2n) is 7.99. The van der Waals surface area contributed by atoms with Crippen molar-refractivity contribution in [3.8, 4) is 0 Å². The average molecular weight is 552 g/mol. The maximum absolute atomic E-state index is 14.4. The molecule has 2 aromatic carbocycles. The number of benzene rings is 2. The van der Waals surface area contributed by atoms with E-state index >= 15 is 0 Å². The summed E-state index contributed by atoms with van der Waals surface area (Å²) in [5.41, 5.74) is -3.61. The van der Waals surface area contributed by atoms with E-state index in [1.807, 2.05) is 5.32 Å². The molecular formula is C24H24F3N5O5S. The third-order valence-electron chi connectivity index (χ3n) is 5.05. The normalized spacial score (nSPS) is 13.2. The van der Waals surface area contributed by atoms with Gasteiger partial charge in [0.1, 0.15) is 11.6 Å². The van der Waals surface area contributed by atoms with Crippen molar-refractivity contribution in [2.24, 2.45) is 0 Å². The van der Waals surface area contributed by atoms with E-state index in [0.29, 0.717) is 11.5 Å². The van der Waals surface area contributed by atoms with Gasteiger partial charge in [0.05, 0.1) is 11.5 Å². The van der Waals surface area contributed by atoms with E-state index in [4.69, 9.17) is 0 Å². The molecule has 1 unspecified atom stereocenters. The van der Waals surface area contributed by atoms with Crippen molar-refractivity contribution in [2.45, 2.75) is 37.5 Å². The van der Waals surface area contributed by atoms with E-state index < -0.39 is 40.3 Å². The third-order valence-corrected chi connectivity index (χ3v) is 6.42. The summed E-state index contributed by atoms with van der Waals surface area (Å²) in [6.45, 7) is 4.15. The molecule has 0 aliphatic heterocycles. The number of aromatic nitrogens is 2. The topological polar surface area (TPSA) is 139 Å². The molecule has 1 heterocycles. The van der Waals surface area contributed by atoms with Crippen LogP contribution in [-0.2, 0) is 19.6 Å². The highest BCUT2D eigenvalue weighted by molar-refractivity contribution is 7.92. The third kappa shape index (κ3) is 6.37. The average Bonchev–Trinajstić information content (AvgIpc) is 2.83. The zero-order valence-electron chi connectivity index (χ0n) is 20.5. The van der Waals surface area contributed by atoms with Gasteiger partial charge in [-0.3, -0.25) is 9.52 Å². The van der Waals surface area contributed by atoms with Gasteiger partial charge in [0.2, 0.25) is 0 Å². The Morgan fingerprint density at radius 1 is 0.974 bits per heavy atom. The molecule has 0 saturated heterocycles. The van der Waals surface area contributed by atoms with Crippen LogP contribution < -0.4 is 15.4 Å². The Kier molecular flexibility index (Phi) is 8.25. The molecule has 3 N–H and O–H groups in total. The highest BCUT2D eigenvalue weighted by Gasteiger charge is 2.63. The van der Waals surface area contributed by atoms with Gasteiger partial charge in [-0.1, -0.05) is 18.2 Å². The summed E-state index contributed by atoms with van der Waals surface area (Å²) in [6, 6.07) is 12.5. The number of alkyl halides is 3. The van der Waals surface area contributed by atoms with Crippen molar-refractivity contribution in [2.75, 3.05) is 16.6 Å². The van der Waals surface area contributed by atoms with E-state index in [-0.39, 0.29) is 22.0 Å². The van der Waals surface area contributed by atoms with Crippen LogP contribution in [0.2, 0.25) is 0 Å². The summed E-state index contributed by atoms with van der Waals surface area (Å²) < 4.78 is 75.6. The molecule has 0 radical (unpaired) electrons. The van der Waals surface area contributed by atoms with Gasteiger partial charge in [-0.15, -0.1) is 0 Å². The van der Waals surface area contributed by atoms with Gasteiger partial charge in [-0.25, -0.2) is 23.2 Å². The minimum Gasteiger partial charge on any atom is -0.463 e. The molecule has 38 heavy (non-hydrogen) atoms. The standard InChI is InChI=1S/C24H24F3N5O5S/c1-4-37-22(34)23(24(25,26)27,31-21(33)17-8-6-5-7-9-17)30-18-10-12-19(13-11-18)38(35,36)32-20-14-15(2)28-16(3)29-20/h5-14,30H,4H2,1-3H3,(H,31,33)(H,28,29,32). The number of nitrogens with zero attached hydrogens (tertiary/aromatic N) is 2. The largest absolute Gasteiger partial charge is 0.463 e. The van der Waals surface area contributed by atoms with Crippen molar-refractivity contribution in [3.05, 3.63) is 77.7 Å².